The second-order valence-electron chi connectivity index (χ2n) is 3.97. The number of rotatable bonds is 2. The van der Waals surface area contributed by atoms with Crippen molar-refractivity contribution in [3.8, 4) is 12.3 Å². The standard InChI is InChI=1S/C11H12N2O5/c1-2-6-4-13(11(17)12-10(6)16)9-3-7(15)8(5-14)18-9/h1,4,7-9,14-15H,3,5H2,(H,12,16,17)/t7-,8+,9+/m0/s1/i2+1. The maximum Gasteiger partial charge on any atom is 0.330 e. The van der Waals surface area contributed by atoms with Gasteiger partial charge >= 0.3 is 5.69 Å². The van der Waals surface area contributed by atoms with Crippen LogP contribution in [0.5, 0.6) is 0 Å². The molecule has 96 valence electrons. The number of terminal acetylenes is 1. The van der Waals surface area contributed by atoms with Crippen molar-refractivity contribution in [1.82, 2.24) is 9.55 Å². The van der Waals surface area contributed by atoms with Crippen molar-refractivity contribution >= 4 is 0 Å². The molecule has 1 fully saturated rings. The SMILES string of the molecule is C#[13C]c1cn([C@H]2C[C@H](O)[C@@H](CO)O2)c(=O)[nH]c1=O. The molecule has 3 atom stereocenters. The Bertz CT molecular complexity index is 597. The Morgan fingerprint density at radius 2 is 2.33 bits per heavy atom. The zero-order valence-corrected chi connectivity index (χ0v) is 9.37. The third kappa shape index (κ3) is 2.09. The number of aliphatic hydroxyl groups is 2. The Balaban J connectivity index is 2.39. The lowest BCUT2D eigenvalue weighted by atomic mass is 10.2. The fourth-order valence-electron chi connectivity index (χ4n) is 1.85. The minimum atomic E-state index is -0.867. The Morgan fingerprint density at radius 3 is 2.89 bits per heavy atom. The summed E-state index contributed by atoms with van der Waals surface area (Å²) in [7, 11) is 0. The van der Waals surface area contributed by atoms with E-state index in [1.807, 2.05) is 0 Å². The molecule has 1 aliphatic rings. The van der Waals surface area contributed by atoms with E-state index < -0.39 is 29.7 Å². The van der Waals surface area contributed by atoms with E-state index in [2.05, 4.69) is 10.9 Å². The summed E-state index contributed by atoms with van der Waals surface area (Å²) >= 11 is 0. The number of ether oxygens (including phenoxy) is 1. The summed E-state index contributed by atoms with van der Waals surface area (Å²) in [6.45, 7) is -0.349. The molecule has 0 amide bonds. The highest BCUT2D eigenvalue weighted by Crippen LogP contribution is 2.27. The lowest BCUT2D eigenvalue weighted by Gasteiger charge is -2.14. The number of aliphatic hydroxyl groups excluding tert-OH is 2. The van der Waals surface area contributed by atoms with Crippen molar-refractivity contribution < 1.29 is 14.9 Å². The highest BCUT2D eigenvalue weighted by molar-refractivity contribution is 5.26. The van der Waals surface area contributed by atoms with Crippen LogP contribution in [0.3, 0.4) is 0 Å². The normalized spacial score (nSPS) is 27.1. The Labute approximate surface area is 102 Å². The molecule has 0 bridgehead atoms. The molecule has 7 heteroatoms. The number of hydrogen-bond donors (Lipinski definition) is 3. The van der Waals surface area contributed by atoms with Gasteiger partial charge in [0.2, 0.25) is 0 Å². The molecule has 1 aromatic heterocycles. The van der Waals surface area contributed by atoms with E-state index in [4.69, 9.17) is 16.3 Å². The Morgan fingerprint density at radius 1 is 1.61 bits per heavy atom. The lowest BCUT2D eigenvalue weighted by Crippen LogP contribution is -2.33. The van der Waals surface area contributed by atoms with Gasteiger partial charge in [-0.1, -0.05) is 5.92 Å². The van der Waals surface area contributed by atoms with Gasteiger partial charge in [-0.25, -0.2) is 4.79 Å². The summed E-state index contributed by atoms with van der Waals surface area (Å²) in [6, 6.07) is 0. The van der Waals surface area contributed by atoms with Crippen LogP contribution in [-0.4, -0.2) is 38.6 Å². The molecule has 0 spiro atoms. The zero-order valence-electron chi connectivity index (χ0n) is 9.37. The number of nitrogens with zero attached hydrogens (tertiary/aromatic N) is 1. The number of nitrogens with one attached hydrogen (secondary N) is 1. The first-order valence-electron chi connectivity index (χ1n) is 5.33. The van der Waals surface area contributed by atoms with Gasteiger partial charge in [-0.15, -0.1) is 6.42 Å². The Hall–Kier alpha value is -1.88. The van der Waals surface area contributed by atoms with Crippen LogP contribution >= 0.6 is 0 Å². The van der Waals surface area contributed by atoms with Crippen molar-refractivity contribution in [1.29, 1.82) is 0 Å². The van der Waals surface area contributed by atoms with Crippen LogP contribution in [0.4, 0.5) is 0 Å². The van der Waals surface area contributed by atoms with Gasteiger partial charge in [-0.2, -0.15) is 0 Å². The molecule has 2 heterocycles. The van der Waals surface area contributed by atoms with Gasteiger partial charge in [0.1, 0.15) is 17.9 Å². The van der Waals surface area contributed by atoms with Crippen LogP contribution in [0, 0.1) is 12.3 Å². The molecule has 1 aliphatic heterocycles. The lowest BCUT2D eigenvalue weighted by molar-refractivity contribution is -0.0459. The summed E-state index contributed by atoms with van der Waals surface area (Å²) in [5.74, 6) is 2.15. The first-order chi connectivity index (χ1) is 8.56. The molecular weight excluding hydrogens is 241 g/mol. The summed E-state index contributed by atoms with van der Waals surface area (Å²) < 4.78 is 6.41. The van der Waals surface area contributed by atoms with E-state index in [1.165, 1.54) is 6.20 Å². The van der Waals surface area contributed by atoms with Gasteiger partial charge in [-0.05, 0) is 0 Å². The monoisotopic (exact) mass is 253 g/mol. The molecule has 0 aliphatic carbocycles. The van der Waals surface area contributed by atoms with Gasteiger partial charge in [0.25, 0.3) is 5.56 Å². The predicted molar refractivity (Wildman–Crippen MR) is 60.9 cm³/mol. The molecule has 0 unspecified atom stereocenters. The molecule has 0 radical (unpaired) electrons. The topological polar surface area (TPSA) is 105 Å². The van der Waals surface area contributed by atoms with Crippen molar-refractivity contribution in [2.45, 2.75) is 24.9 Å². The van der Waals surface area contributed by atoms with Gasteiger partial charge in [-0.3, -0.25) is 14.3 Å². The van der Waals surface area contributed by atoms with Crippen LogP contribution in [0.25, 0.3) is 0 Å². The molecule has 0 saturated carbocycles. The molecule has 7 nitrogen and oxygen atoms in total. The quantitative estimate of drug-likeness (QED) is 0.424. The van der Waals surface area contributed by atoms with E-state index in [0.29, 0.717) is 0 Å². The van der Waals surface area contributed by atoms with Crippen molar-refractivity contribution in [3.05, 3.63) is 32.6 Å². The summed E-state index contributed by atoms with van der Waals surface area (Å²) in [5.41, 5.74) is -1.31. The average molecular weight is 253 g/mol. The number of aromatic nitrogens is 2. The van der Waals surface area contributed by atoms with Crippen molar-refractivity contribution in [2.75, 3.05) is 6.61 Å². The maximum absolute atomic E-state index is 11.6. The second kappa shape index (κ2) is 4.78. The van der Waals surface area contributed by atoms with Crippen LogP contribution < -0.4 is 11.2 Å². The highest BCUT2D eigenvalue weighted by atomic mass is 16.5. The third-order valence-electron chi connectivity index (χ3n) is 2.82. The third-order valence-corrected chi connectivity index (χ3v) is 2.82. The second-order valence-corrected chi connectivity index (χ2v) is 3.97. The molecule has 1 saturated heterocycles. The number of aromatic amines is 1. The number of hydrogen-bond acceptors (Lipinski definition) is 5. The first kappa shape index (κ1) is 12.6. The minimum Gasteiger partial charge on any atom is -0.394 e. The summed E-state index contributed by atoms with van der Waals surface area (Å²) in [5, 5.41) is 18.5. The van der Waals surface area contributed by atoms with Crippen molar-refractivity contribution in [2.24, 2.45) is 0 Å². The largest absolute Gasteiger partial charge is 0.394 e. The molecule has 1 aromatic rings. The molecular formula is C11H12N2O5. The Kier molecular flexibility index (Phi) is 3.34. The van der Waals surface area contributed by atoms with Crippen LogP contribution in [0.15, 0.2) is 15.8 Å². The highest BCUT2D eigenvalue weighted by Gasteiger charge is 2.35. The van der Waals surface area contributed by atoms with Crippen molar-refractivity contribution in [3.63, 3.8) is 0 Å². The van der Waals surface area contributed by atoms with E-state index in [9.17, 15) is 14.7 Å². The molecule has 0 aromatic carbocycles. The predicted octanol–water partition coefficient (Wildman–Crippen LogP) is -1.84. The van der Waals surface area contributed by atoms with E-state index in [0.717, 1.165) is 4.57 Å². The van der Waals surface area contributed by atoms with Crippen LogP contribution in [-0.2, 0) is 4.74 Å². The zero-order chi connectivity index (χ0) is 13.3. The van der Waals surface area contributed by atoms with Gasteiger partial charge in [0, 0.05) is 12.6 Å². The van der Waals surface area contributed by atoms with Crippen LogP contribution in [0.2, 0.25) is 0 Å². The minimum absolute atomic E-state index is 0.000128. The maximum atomic E-state index is 11.6. The summed E-state index contributed by atoms with van der Waals surface area (Å²) in [4.78, 5) is 25.0. The molecule has 3 N–H and O–H groups in total. The average Bonchev–Trinajstić information content (AvgIpc) is 2.70. The number of H-pyrrole nitrogens is 1. The van der Waals surface area contributed by atoms with Gasteiger partial charge in [0.05, 0.1) is 12.7 Å². The van der Waals surface area contributed by atoms with Gasteiger partial charge < -0.3 is 14.9 Å². The first-order valence-corrected chi connectivity index (χ1v) is 5.33. The fraction of sp³-hybridized carbons (Fsp3) is 0.455. The fourth-order valence-corrected chi connectivity index (χ4v) is 1.85. The van der Waals surface area contributed by atoms with E-state index in [1.54, 1.807) is 0 Å². The van der Waals surface area contributed by atoms with Gasteiger partial charge in [0.15, 0.2) is 0 Å². The molecule has 2 rings (SSSR count). The summed E-state index contributed by atoms with van der Waals surface area (Å²) in [6.07, 6.45) is 4.11. The molecule has 18 heavy (non-hydrogen) atoms. The van der Waals surface area contributed by atoms with Crippen LogP contribution in [0.1, 0.15) is 18.2 Å². The van der Waals surface area contributed by atoms with E-state index >= 15 is 0 Å². The smallest absolute Gasteiger partial charge is 0.330 e. The van der Waals surface area contributed by atoms with E-state index in [-0.39, 0.29) is 18.6 Å².